The SMILES string of the molecule is O=Nc1ccc(N2CCC(N3CCNCC3)CC2)cc1OCC(F)(F)F. The van der Waals surface area contributed by atoms with Gasteiger partial charge < -0.3 is 15.0 Å². The van der Waals surface area contributed by atoms with Crippen molar-refractivity contribution in [3.63, 3.8) is 0 Å². The first-order valence-corrected chi connectivity index (χ1v) is 8.83. The Labute approximate surface area is 150 Å². The number of piperazine rings is 1. The zero-order chi connectivity index (χ0) is 18.6. The zero-order valence-electron chi connectivity index (χ0n) is 14.5. The van der Waals surface area contributed by atoms with E-state index in [-0.39, 0.29) is 11.4 Å². The first-order valence-electron chi connectivity index (χ1n) is 8.83. The van der Waals surface area contributed by atoms with Crippen LogP contribution >= 0.6 is 0 Å². The highest BCUT2D eigenvalue weighted by molar-refractivity contribution is 5.62. The van der Waals surface area contributed by atoms with Crippen molar-refractivity contribution in [1.29, 1.82) is 0 Å². The number of nitroso groups, excluding NO2 is 1. The maximum absolute atomic E-state index is 12.4. The van der Waals surface area contributed by atoms with Gasteiger partial charge in [0.05, 0.1) is 0 Å². The zero-order valence-corrected chi connectivity index (χ0v) is 14.5. The monoisotopic (exact) mass is 372 g/mol. The van der Waals surface area contributed by atoms with Crippen molar-refractivity contribution in [3.8, 4) is 5.75 Å². The van der Waals surface area contributed by atoms with Gasteiger partial charge in [0, 0.05) is 57.1 Å². The van der Waals surface area contributed by atoms with Crippen LogP contribution in [-0.2, 0) is 0 Å². The second-order valence-corrected chi connectivity index (χ2v) is 6.65. The molecule has 0 amide bonds. The lowest BCUT2D eigenvalue weighted by atomic mass is 10.0. The smallest absolute Gasteiger partial charge is 0.422 e. The number of ether oxygens (including phenoxy) is 1. The molecule has 6 nitrogen and oxygen atoms in total. The van der Waals surface area contributed by atoms with E-state index in [9.17, 15) is 18.1 Å². The molecule has 26 heavy (non-hydrogen) atoms. The summed E-state index contributed by atoms with van der Waals surface area (Å²) in [4.78, 5) is 15.4. The van der Waals surface area contributed by atoms with Crippen LogP contribution in [0.15, 0.2) is 23.4 Å². The lowest BCUT2D eigenvalue weighted by Crippen LogP contribution is -2.52. The Bertz CT molecular complexity index is 613. The third-order valence-electron chi connectivity index (χ3n) is 4.93. The normalized spacial score (nSPS) is 20.2. The summed E-state index contributed by atoms with van der Waals surface area (Å²) in [6.07, 6.45) is -2.45. The van der Waals surface area contributed by atoms with Gasteiger partial charge in [-0.1, -0.05) is 0 Å². The maximum Gasteiger partial charge on any atom is 0.422 e. The van der Waals surface area contributed by atoms with Crippen molar-refractivity contribution in [3.05, 3.63) is 23.1 Å². The van der Waals surface area contributed by atoms with E-state index >= 15 is 0 Å². The fourth-order valence-electron chi connectivity index (χ4n) is 3.59. The van der Waals surface area contributed by atoms with Gasteiger partial charge in [0.25, 0.3) is 0 Å². The summed E-state index contributed by atoms with van der Waals surface area (Å²) in [6.45, 7) is 4.34. The average Bonchev–Trinajstić information content (AvgIpc) is 2.66. The van der Waals surface area contributed by atoms with Crippen LogP contribution in [0.4, 0.5) is 24.5 Å². The lowest BCUT2D eigenvalue weighted by molar-refractivity contribution is -0.153. The molecule has 2 aliphatic heterocycles. The van der Waals surface area contributed by atoms with Gasteiger partial charge >= 0.3 is 6.18 Å². The third-order valence-corrected chi connectivity index (χ3v) is 4.93. The molecule has 0 bridgehead atoms. The van der Waals surface area contributed by atoms with Crippen LogP contribution in [-0.4, -0.2) is 63.0 Å². The molecule has 144 valence electrons. The van der Waals surface area contributed by atoms with Gasteiger partial charge in [0.15, 0.2) is 12.4 Å². The Morgan fingerprint density at radius 3 is 2.46 bits per heavy atom. The van der Waals surface area contributed by atoms with Crippen LogP contribution in [0.5, 0.6) is 5.75 Å². The van der Waals surface area contributed by atoms with Gasteiger partial charge in [0.1, 0.15) is 5.69 Å². The van der Waals surface area contributed by atoms with E-state index in [4.69, 9.17) is 4.74 Å². The van der Waals surface area contributed by atoms with Gasteiger partial charge in [-0.2, -0.15) is 13.2 Å². The van der Waals surface area contributed by atoms with E-state index < -0.39 is 12.8 Å². The van der Waals surface area contributed by atoms with Gasteiger partial charge in [-0.3, -0.25) is 4.90 Å². The Balaban J connectivity index is 1.63. The predicted molar refractivity (Wildman–Crippen MR) is 93.1 cm³/mol. The molecule has 9 heteroatoms. The highest BCUT2D eigenvalue weighted by Crippen LogP contribution is 2.34. The fraction of sp³-hybridized carbons (Fsp3) is 0.647. The van der Waals surface area contributed by atoms with Gasteiger partial charge in [-0.05, 0) is 30.2 Å². The third kappa shape index (κ3) is 4.85. The summed E-state index contributed by atoms with van der Waals surface area (Å²) in [5.74, 6) is -0.126. The molecule has 0 saturated carbocycles. The molecule has 0 aromatic heterocycles. The largest absolute Gasteiger partial charge is 0.482 e. The Morgan fingerprint density at radius 1 is 1.15 bits per heavy atom. The number of rotatable bonds is 5. The Hall–Kier alpha value is -1.87. The molecule has 0 spiro atoms. The van der Waals surface area contributed by atoms with Gasteiger partial charge in [-0.15, -0.1) is 4.91 Å². The predicted octanol–water partition coefficient (Wildman–Crippen LogP) is 2.90. The number of halogens is 3. The van der Waals surface area contributed by atoms with Crippen LogP contribution in [0, 0.1) is 4.91 Å². The molecule has 1 aromatic rings. The second-order valence-electron chi connectivity index (χ2n) is 6.65. The number of benzene rings is 1. The summed E-state index contributed by atoms with van der Waals surface area (Å²) < 4.78 is 42.0. The molecule has 3 rings (SSSR count). The summed E-state index contributed by atoms with van der Waals surface area (Å²) in [5.41, 5.74) is 0.641. The standard InChI is InChI=1S/C17H23F3N4O2/c18-17(19,20)12-26-16-11-14(1-2-15(16)22-25)23-7-3-13(4-8-23)24-9-5-21-6-10-24/h1-2,11,13,21H,3-10,12H2. The van der Waals surface area contributed by atoms with Crippen LogP contribution < -0.4 is 15.0 Å². The number of alkyl halides is 3. The van der Waals surface area contributed by atoms with E-state index in [2.05, 4.69) is 20.3 Å². The van der Waals surface area contributed by atoms with Crippen LogP contribution in [0.2, 0.25) is 0 Å². The van der Waals surface area contributed by atoms with E-state index in [0.717, 1.165) is 57.8 Å². The first-order chi connectivity index (χ1) is 12.5. The summed E-state index contributed by atoms with van der Waals surface area (Å²) in [5, 5.41) is 6.10. The molecular weight excluding hydrogens is 349 g/mol. The van der Waals surface area contributed by atoms with E-state index in [1.807, 2.05) is 0 Å². The van der Waals surface area contributed by atoms with Crippen molar-refractivity contribution < 1.29 is 17.9 Å². The Morgan fingerprint density at radius 2 is 1.85 bits per heavy atom. The minimum atomic E-state index is -4.46. The second kappa shape index (κ2) is 8.22. The molecule has 2 aliphatic rings. The van der Waals surface area contributed by atoms with Crippen molar-refractivity contribution in [1.82, 2.24) is 10.2 Å². The topological polar surface area (TPSA) is 57.2 Å². The minimum Gasteiger partial charge on any atom is -0.482 e. The van der Waals surface area contributed by atoms with Crippen LogP contribution in [0.25, 0.3) is 0 Å². The molecule has 1 aromatic carbocycles. The molecule has 2 heterocycles. The number of anilines is 1. The van der Waals surface area contributed by atoms with Crippen molar-refractivity contribution >= 4 is 11.4 Å². The van der Waals surface area contributed by atoms with E-state index in [1.165, 1.54) is 12.1 Å². The Kier molecular flexibility index (Phi) is 5.98. The molecule has 2 saturated heterocycles. The summed E-state index contributed by atoms with van der Waals surface area (Å²) in [6, 6.07) is 5.15. The highest BCUT2D eigenvalue weighted by atomic mass is 19.4. The molecule has 0 radical (unpaired) electrons. The minimum absolute atomic E-state index is 0.117. The maximum atomic E-state index is 12.4. The van der Waals surface area contributed by atoms with Gasteiger partial charge in [-0.25, -0.2) is 0 Å². The van der Waals surface area contributed by atoms with E-state index in [0.29, 0.717) is 6.04 Å². The fourth-order valence-corrected chi connectivity index (χ4v) is 3.59. The van der Waals surface area contributed by atoms with Crippen molar-refractivity contribution in [2.45, 2.75) is 25.1 Å². The van der Waals surface area contributed by atoms with E-state index in [1.54, 1.807) is 6.07 Å². The molecular formula is C17H23F3N4O2. The number of hydrogen-bond donors (Lipinski definition) is 1. The highest BCUT2D eigenvalue weighted by Gasteiger charge is 2.30. The van der Waals surface area contributed by atoms with Crippen LogP contribution in [0.3, 0.4) is 0 Å². The van der Waals surface area contributed by atoms with Crippen LogP contribution in [0.1, 0.15) is 12.8 Å². The number of piperidine rings is 1. The lowest BCUT2D eigenvalue weighted by Gasteiger charge is -2.41. The number of nitrogens with zero attached hydrogens (tertiary/aromatic N) is 3. The average molecular weight is 372 g/mol. The molecule has 2 fully saturated rings. The molecule has 0 unspecified atom stereocenters. The molecule has 0 atom stereocenters. The van der Waals surface area contributed by atoms with Gasteiger partial charge in [0.2, 0.25) is 0 Å². The van der Waals surface area contributed by atoms with Crippen molar-refractivity contribution in [2.24, 2.45) is 5.18 Å². The summed E-state index contributed by atoms with van der Waals surface area (Å²) >= 11 is 0. The first kappa shape index (κ1) is 18.9. The number of nitrogens with one attached hydrogen (secondary N) is 1. The molecule has 1 N–H and O–H groups in total. The van der Waals surface area contributed by atoms with Crippen molar-refractivity contribution in [2.75, 3.05) is 50.8 Å². The molecule has 0 aliphatic carbocycles. The number of hydrogen-bond acceptors (Lipinski definition) is 6. The summed E-state index contributed by atoms with van der Waals surface area (Å²) in [7, 11) is 0. The quantitative estimate of drug-likeness (QED) is 0.806.